The molecule has 1 atom stereocenters. The van der Waals surface area contributed by atoms with E-state index in [2.05, 4.69) is 15.9 Å². The third-order valence-electron chi connectivity index (χ3n) is 2.65. The van der Waals surface area contributed by atoms with Crippen LogP contribution >= 0.6 is 15.9 Å². The monoisotopic (exact) mass is 276 g/mol. The first-order valence-electron chi connectivity index (χ1n) is 5.17. The molecule has 0 heterocycles. The molecule has 0 unspecified atom stereocenters. The van der Waals surface area contributed by atoms with Crippen molar-refractivity contribution in [2.75, 3.05) is 0 Å². The number of aryl methyl sites for hydroxylation is 1. The van der Waals surface area contributed by atoms with E-state index in [4.69, 9.17) is 0 Å². The molecule has 82 valence electrons. The molecule has 0 aliphatic carbocycles. The number of rotatable bonds is 2. The van der Waals surface area contributed by atoms with Crippen molar-refractivity contribution in [2.24, 2.45) is 0 Å². The molecule has 0 amide bonds. The van der Waals surface area contributed by atoms with Crippen molar-refractivity contribution < 1.29 is 5.11 Å². The third-order valence-corrected chi connectivity index (χ3v) is 3.14. The summed E-state index contributed by atoms with van der Waals surface area (Å²) in [6.45, 7) is 2.01. The van der Waals surface area contributed by atoms with Gasteiger partial charge in [0.05, 0.1) is 0 Å². The second-order valence-corrected chi connectivity index (χ2v) is 4.73. The maximum Gasteiger partial charge on any atom is 0.104 e. The second-order valence-electron chi connectivity index (χ2n) is 3.81. The van der Waals surface area contributed by atoms with E-state index >= 15 is 0 Å². The minimum Gasteiger partial charge on any atom is -0.384 e. The second kappa shape index (κ2) is 4.81. The predicted molar refractivity (Wildman–Crippen MR) is 69.4 cm³/mol. The van der Waals surface area contributed by atoms with E-state index in [0.29, 0.717) is 0 Å². The number of aliphatic hydroxyl groups is 1. The van der Waals surface area contributed by atoms with Crippen molar-refractivity contribution >= 4 is 15.9 Å². The first-order valence-corrected chi connectivity index (χ1v) is 5.97. The molecule has 0 aliphatic rings. The van der Waals surface area contributed by atoms with Gasteiger partial charge >= 0.3 is 0 Å². The van der Waals surface area contributed by atoms with Gasteiger partial charge in [0.25, 0.3) is 0 Å². The Labute approximate surface area is 104 Å². The first-order chi connectivity index (χ1) is 7.68. The molecule has 0 saturated heterocycles. The predicted octanol–water partition coefficient (Wildman–Crippen LogP) is 3.84. The Morgan fingerprint density at radius 1 is 1.06 bits per heavy atom. The Morgan fingerprint density at radius 2 is 1.81 bits per heavy atom. The lowest BCUT2D eigenvalue weighted by Gasteiger charge is -2.14. The Kier molecular flexibility index (Phi) is 3.42. The van der Waals surface area contributed by atoms with Gasteiger partial charge in [0.1, 0.15) is 6.10 Å². The maximum atomic E-state index is 10.3. The van der Waals surface area contributed by atoms with Gasteiger partial charge in [-0.2, -0.15) is 0 Å². The molecule has 0 bridgehead atoms. The van der Waals surface area contributed by atoms with E-state index in [1.54, 1.807) is 0 Å². The third kappa shape index (κ3) is 2.34. The van der Waals surface area contributed by atoms with E-state index in [0.717, 1.165) is 21.2 Å². The fourth-order valence-electron chi connectivity index (χ4n) is 1.75. The average Bonchev–Trinajstić information content (AvgIpc) is 2.29. The highest BCUT2D eigenvalue weighted by atomic mass is 79.9. The van der Waals surface area contributed by atoms with Crippen LogP contribution < -0.4 is 0 Å². The Bertz CT molecular complexity index is 494. The smallest absolute Gasteiger partial charge is 0.104 e. The van der Waals surface area contributed by atoms with Gasteiger partial charge in [0.15, 0.2) is 0 Å². The van der Waals surface area contributed by atoms with Crippen molar-refractivity contribution in [1.29, 1.82) is 0 Å². The van der Waals surface area contributed by atoms with E-state index in [9.17, 15) is 5.11 Å². The van der Waals surface area contributed by atoms with Crippen LogP contribution in [0.2, 0.25) is 0 Å². The topological polar surface area (TPSA) is 20.2 Å². The zero-order valence-corrected chi connectivity index (χ0v) is 10.6. The number of halogens is 1. The quantitative estimate of drug-likeness (QED) is 0.884. The van der Waals surface area contributed by atoms with Crippen molar-refractivity contribution in [3.63, 3.8) is 0 Å². The Morgan fingerprint density at radius 3 is 2.50 bits per heavy atom. The Hall–Kier alpha value is -1.12. The molecule has 1 N–H and O–H groups in total. The zero-order chi connectivity index (χ0) is 11.5. The van der Waals surface area contributed by atoms with Crippen LogP contribution in [0.4, 0.5) is 0 Å². The number of benzene rings is 2. The van der Waals surface area contributed by atoms with E-state index < -0.39 is 6.10 Å². The van der Waals surface area contributed by atoms with Crippen LogP contribution in [0, 0.1) is 6.92 Å². The van der Waals surface area contributed by atoms with Crippen LogP contribution in [0.15, 0.2) is 53.0 Å². The molecule has 0 spiro atoms. The number of aliphatic hydroxyl groups excluding tert-OH is 1. The van der Waals surface area contributed by atoms with Crippen LogP contribution in [-0.2, 0) is 0 Å². The summed E-state index contributed by atoms with van der Waals surface area (Å²) >= 11 is 3.41. The highest BCUT2D eigenvalue weighted by Gasteiger charge is 2.12. The van der Waals surface area contributed by atoms with Gasteiger partial charge in [-0.05, 0) is 35.7 Å². The van der Waals surface area contributed by atoms with Gasteiger partial charge in [-0.1, -0.05) is 52.3 Å². The lowest BCUT2D eigenvalue weighted by Crippen LogP contribution is -2.01. The molecule has 2 heteroatoms. The van der Waals surface area contributed by atoms with E-state index in [1.165, 1.54) is 0 Å². The largest absolute Gasteiger partial charge is 0.384 e. The summed E-state index contributed by atoms with van der Waals surface area (Å²) < 4.78 is 0.984. The van der Waals surface area contributed by atoms with Gasteiger partial charge in [-0.15, -0.1) is 0 Å². The van der Waals surface area contributed by atoms with Crippen LogP contribution in [0.5, 0.6) is 0 Å². The number of hydrogen-bond donors (Lipinski definition) is 1. The summed E-state index contributed by atoms with van der Waals surface area (Å²) in [4.78, 5) is 0. The van der Waals surface area contributed by atoms with Crippen LogP contribution in [0.1, 0.15) is 22.8 Å². The van der Waals surface area contributed by atoms with Crippen LogP contribution in [-0.4, -0.2) is 5.11 Å². The summed E-state index contributed by atoms with van der Waals surface area (Å²) in [5.41, 5.74) is 2.97. The SMILES string of the molecule is Cc1ccccc1[C@H](O)c1cccc(Br)c1. The molecule has 2 aromatic carbocycles. The molecule has 2 rings (SSSR count). The fourth-order valence-corrected chi connectivity index (χ4v) is 2.17. The van der Waals surface area contributed by atoms with Gasteiger partial charge in [0, 0.05) is 4.47 Å². The van der Waals surface area contributed by atoms with Gasteiger partial charge in [-0.3, -0.25) is 0 Å². The highest BCUT2D eigenvalue weighted by Crippen LogP contribution is 2.26. The van der Waals surface area contributed by atoms with E-state index in [-0.39, 0.29) is 0 Å². The Balaban J connectivity index is 2.39. The summed E-state index contributed by atoms with van der Waals surface area (Å²) in [7, 11) is 0. The molecule has 0 aliphatic heterocycles. The van der Waals surface area contributed by atoms with Crippen LogP contribution in [0.25, 0.3) is 0 Å². The molecule has 0 saturated carbocycles. The first kappa shape index (κ1) is 11.4. The summed E-state index contributed by atoms with van der Waals surface area (Å²) in [5, 5.41) is 10.3. The highest BCUT2D eigenvalue weighted by molar-refractivity contribution is 9.10. The van der Waals surface area contributed by atoms with Gasteiger partial charge < -0.3 is 5.11 Å². The van der Waals surface area contributed by atoms with Crippen molar-refractivity contribution in [3.8, 4) is 0 Å². The zero-order valence-electron chi connectivity index (χ0n) is 9.02. The standard InChI is InChI=1S/C14H13BrO/c1-10-5-2-3-8-13(10)14(16)11-6-4-7-12(15)9-11/h2-9,14,16H,1H3/t14-/m1/s1. The molecule has 0 aromatic heterocycles. The minimum absolute atomic E-state index is 0.557. The van der Waals surface area contributed by atoms with Crippen molar-refractivity contribution in [1.82, 2.24) is 0 Å². The molecule has 2 aromatic rings. The average molecular weight is 277 g/mol. The lowest BCUT2D eigenvalue weighted by molar-refractivity contribution is 0.219. The summed E-state index contributed by atoms with van der Waals surface area (Å²) in [6.07, 6.45) is -0.557. The van der Waals surface area contributed by atoms with Crippen molar-refractivity contribution in [3.05, 3.63) is 69.7 Å². The summed E-state index contributed by atoms with van der Waals surface area (Å²) in [6, 6.07) is 15.7. The molecular weight excluding hydrogens is 264 g/mol. The molecule has 16 heavy (non-hydrogen) atoms. The fraction of sp³-hybridized carbons (Fsp3) is 0.143. The van der Waals surface area contributed by atoms with Gasteiger partial charge in [-0.25, -0.2) is 0 Å². The normalized spacial score (nSPS) is 12.4. The number of hydrogen-bond acceptors (Lipinski definition) is 1. The van der Waals surface area contributed by atoms with E-state index in [1.807, 2.05) is 55.5 Å². The molecular formula is C14H13BrO. The minimum atomic E-state index is -0.557. The van der Waals surface area contributed by atoms with Crippen LogP contribution in [0.3, 0.4) is 0 Å². The van der Waals surface area contributed by atoms with Crippen molar-refractivity contribution in [2.45, 2.75) is 13.0 Å². The summed E-state index contributed by atoms with van der Waals surface area (Å²) in [5.74, 6) is 0. The lowest BCUT2D eigenvalue weighted by atomic mass is 9.98. The molecule has 0 fully saturated rings. The molecule has 1 nitrogen and oxygen atoms in total. The molecule has 0 radical (unpaired) electrons. The van der Waals surface area contributed by atoms with Gasteiger partial charge in [0.2, 0.25) is 0 Å². The maximum absolute atomic E-state index is 10.3.